The van der Waals surface area contributed by atoms with E-state index in [1.807, 2.05) is 18.2 Å². The first-order chi connectivity index (χ1) is 13.6. The van der Waals surface area contributed by atoms with E-state index in [-0.39, 0.29) is 36.1 Å². The molecule has 4 nitrogen and oxygen atoms in total. The van der Waals surface area contributed by atoms with Gasteiger partial charge in [-0.3, -0.25) is 14.5 Å². The molecule has 1 aliphatic rings. The molecule has 2 aromatic carbocycles. The quantitative estimate of drug-likeness (QED) is 0.674. The van der Waals surface area contributed by atoms with Crippen molar-refractivity contribution in [3.63, 3.8) is 0 Å². The molecule has 1 atom stereocenters. The molecule has 1 amide bonds. The zero-order chi connectivity index (χ0) is 19.8. The summed E-state index contributed by atoms with van der Waals surface area (Å²) >= 11 is 0. The number of rotatable bonds is 9. The van der Waals surface area contributed by atoms with Crippen molar-refractivity contribution in [2.24, 2.45) is 0 Å². The van der Waals surface area contributed by atoms with Crippen LogP contribution in [0.25, 0.3) is 0 Å². The molecule has 0 radical (unpaired) electrons. The summed E-state index contributed by atoms with van der Waals surface area (Å²) < 4.78 is 13.7. The molecule has 5 heteroatoms. The van der Waals surface area contributed by atoms with Crippen molar-refractivity contribution in [1.82, 2.24) is 10.2 Å². The monoisotopic (exact) mass is 382 g/mol. The lowest BCUT2D eigenvalue weighted by atomic mass is 10.0. The van der Waals surface area contributed by atoms with Gasteiger partial charge < -0.3 is 5.32 Å². The third-order valence-corrected chi connectivity index (χ3v) is 5.26. The van der Waals surface area contributed by atoms with Crippen LogP contribution in [0.1, 0.15) is 41.6 Å². The predicted octanol–water partition coefficient (Wildman–Crippen LogP) is 3.61. The van der Waals surface area contributed by atoms with Gasteiger partial charge in [-0.25, -0.2) is 4.39 Å². The highest BCUT2D eigenvalue weighted by Crippen LogP contribution is 2.16. The predicted molar refractivity (Wildman–Crippen MR) is 108 cm³/mol. The lowest BCUT2D eigenvalue weighted by Crippen LogP contribution is -2.44. The van der Waals surface area contributed by atoms with Crippen LogP contribution in [-0.4, -0.2) is 42.3 Å². The van der Waals surface area contributed by atoms with Gasteiger partial charge in [0.1, 0.15) is 5.82 Å². The summed E-state index contributed by atoms with van der Waals surface area (Å²) in [5.74, 6) is -1.04. The van der Waals surface area contributed by atoms with Gasteiger partial charge in [0.2, 0.25) is 5.91 Å². The number of nitrogens with zero attached hydrogens (tertiary/aromatic N) is 1. The third-order valence-electron chi connectivity index (χ3n) is 5.26. The number of nitrogens with one attached hydrogen (secondary N) is 1. The molecule has 148 valence electrons. The Morgan fingerprint density at radius 2 is 1.64 bits per heavy atom. The van der Waals surface area contributed by atoms with Crippen LogP contribution in [0.15, 0.2) is 54.6 Å². The summed E-state index contributed by atoms with van der Waals surface area (Å²) in [5.41, 5.74) is 1.30. The molecule has 0 aromatic heterocycles. The SMILES string of the molecule is O=C(CCC(=O)c1ccccc1F)NCC(Cc1ccccc1)N1CCCC1. The van der Waals surface area contributed by atoms with Crippen LogP contribution in [0.2, 0.25) is 0 Å². The summed E-state index contributed by atoms with van der Waals surface area (Å²) in [7, 11) is 0. The number of amides is 1. The van der Waals surface area contributed by atoms with E-state index in [1.165, 1.54) is 30.5 Å². The van der Waals surface area contributed by atoms with E-state index in [2.05, 4.69) is 22.3 Å². The Balaban J connectivity index is 1.50. The van der Waals surface area contributed by atoms with Crippen molar-refractivity contribution in [2.75, 3.05) is 19.6 Å². The van der Waals surface area contributed by atoms with E-state index >= 15 is 0 Å². The smallest absolute Gasteiger partial charge is 0.220 e. The van der Waals surface area contributed by atoms with Gasteiger partial charge in [-0.2, -0.15) is 0 Å². The molecular formula is C23H27FN2O2. The summed E-state index contributed by atoms with van der Waals surface area (Å²) in [6.45, 7) is 2.67. The first kappa shape index (κ1) is 20.2. The number of carbonyl (C=O) groups is 2. The van der Waals surface area contributed by atoms with Gasteiger partial charge in [0.25, 0.3) is 0 Å². The first-order valence-corrected chi connectivity index (χ1v) is 9.96. The third kappa shape index (κ3) is 5.73. The molecule has 1 aliphatic heterocycles. The lowest BCUT2D eigenvalue weighted by Gasteiger charge is -2.28. The van der Waals surface area contributed by atoms with Gasteiger partial charge in [0.15, 0.2) is 5.78 Å². The summed E-state index contributed by atoms with van der Waals surface area (Å²) in [6.07, 6.45) is 3.35. The van der Waals surface area contributed by atoms with Gasteiger partial charge in [-0.1, -0.05) is 42.5 Å². The molecule has 1 fully saturated rings. The molecule has 2 aromatic rings. The number of hydrogen-bond acceptors (Lipinski definition) is 3. The second kappa shape index (κ2) is 10.1. The number of Topliss-reactive ketones (excluding diaryl/α,β-unsaturated/α-hetero) is 1. The minimum atomic E-state index is -0.537. The van der Waals surface area contributed by atoms with Crippen LogP contribution in [0.3, 0.4) is 0 Å². The maximum atomic E-state index is 13.7. The summed E-state index contributed by atoms with van der Waals surface area (Å²) in [5, 5.41) is 2.97. The highest BCUT2D eigenvalue weighted by atomic mass is 19.1. The van der Waals surface area contributed by atoms with Gasteiger partial charge in [-0.05, 0) is 50.0 Å². The van der Waals surface area contributed by atoms with Crippen LogP contribution in [0.5, 0.6) is 0 Å². The Morgan fingerprint density at radius 3 is 2.36 bits per heavy atom. The van der Waals surface area contributed by atoms with E-state index in [0.29, 0.717) is 6.54 Å². The minimum Gasteiger partial charge on any atom is -0.355 e. The molecular weight excluding hydrogens is 355 g/mol. The van der Waals surface area contributed by atoms with E-state index in [0.717, 1.165) is 19.5 Å². The number of carbonyl (C=O) groups excluding carboxylic acids is 2. The standard InChI is InChI=1S/C23H27FN2O2/c24-21-11-5-4-10-20(21)22(27)12-13-23(28)25-17-19(26-14-6-7-15-26)16-18-8-2-1-3-9-18/h1-5,8-11,19H,6-7,12-17H2,(H,25,28). The zero-order valence-corrected chi connectivity index (χ0v) is 16.1. The van der Waals surface area contributed by atoms with Crippen LogP contribution < -0.4 is 5.32 Å². The second-order valence-corrected chi connectivity index (χ2v) is 7.29. The number of benzene rings is 2. The fraction of sp³-hybridized carbons (Fsp3) is 0.391. The molecule has 0 saturated carbocycles. The Labute approximate surface area is 165 Å². The van der Waals surface area contributed by atoms with Gasteiger partial charge in [0.05, 0.1) is 5.56 Å². The van der Waals surface area contributed by atoms with Crippen molar-refractivity contribution in [2.45, 2.75) is 38.1 Å². The maximum absolute atomic E-state index is 13.7. The highest BCUT2D eigenvalue weighted by Gasteiger charge is 2.23. The van der Waals surface area contributed by atoms with Gasteiger partial charge in [-0.15, -0.1) is 0 Å². The Kier molecular flexibility index (Phi) is 7.31. The molecule has 0 aliphatic carbocycles. The fourth-order valence-electron chi connectivity index (χ4n) is 3.69. The summed E-state index contributed by atoms with van der Waals surface area (Å²) in [4.78, 5) is 26.8. The van der Waals surface area contributed by atoms with Crippen molar-refractivity contribution in [3.8, 4) is 0 Å². The first-order valence-electron chi connectivity index (χ1n) is 9.96. The normalized spacial score (nSPS) is 15.3. The van der Waals surface area contributed by atoms with Crippen LogP contribution in [-0.2, 0) is 11.2 Å². The maximum Gasteiger partial charge on any atom is 0.220 e. The summed E-state index contributed by atoms with van der Waals surface area (Å²) in [6, 6.07) is 16.4. The van der Waals surface area contributed by atoms with E-state index < -0.39 is 5.82 Å². The molecule has 28 heavy (non-hydrogen) atoms. The van der Waals surface area contributed by atoms with Crippen molar-refractivity contribution in [1.29, 1.82) is 0 Å². The Morgan fingerprint density at radius 1 is 0.964 bits per heavy atom. The number of hydrogen-bond donors (Lipinski definition) is 1. The minimum absolute atomic E-state index is 0.0137. The number of likely N-dealkylation sites (tertiary alicyclic amines) is 1. The Bertz CT molecular complexity index is 788. The number of halogens is 1. The van der Waals surface area contributed by atoms with Crippen LogP contribution in [0, 0.1) is 5.82 Å². The van der Waals surface area contributed by atoms with Gasteiger partial charge >= 0.3 is 0 Å². The van der Waals surface area contributed by atoms with Crippen molar-refractivity contribution >= 4 is 11.7 Å². The molecule has 1 N–H and O–H groups in total. The zero-order valence-electron chi connectivity index (χ0n) is 16.1. The van der Waals surface area contributed by atoms with E-state index in [9.17, 15) is 14.0 Å². The molecule has 1 saturated heterocycles. The molecule has 3 rings (SSSR count). The van der Waals surface area contributed by atoms with Crippen molar-refractivity contribution < 1.29 is 14.0 Å². The number of ketones is 1. The van der Waals surface area contributed by atoms with Crippen molar-refractivity contribution in [3.05, 3.63) is 71.5 Å². The Hall–Kier alpha value is -2.53. The van der Waals surface area contributed by atoms with Crippen LogP contribution >= 0.6 is 0 Å². The van der Waals surface area contributed by atoms with Gasteiger partial charge in [0, 0.05) is 25.4 Å². The van der Waals surface area contributed by atoms with E-state index in [4.69, 9.17) is 0 Å². The highest BCUT2D eigenvalue weighted by molar-refractivity contribution is 5.98. The van der Waals surface area contributed by atoms with E-state index in [1.54, 1.807) is 12.1 Å². The molecule has 1 unspecified atom stereocenters. The largest absolute Gasteiger partial charge is 0.355 e. The molecule has 0 bridgehead atoms. The second-order valence-electron chi connectivity index (χ2n) is 7.29. The average Bonchev–Trinajstić information content (AvgIpc) is 3.25. The fourth-order valence-corrected chi connectivity index (χ4v) is 3.69. The molecule has 0 spiro atoms. The topological polar surface area (TPSA) is 49.4 Å². The molecule has 1 heterocycles. The lowest BCUT2D eigenvalue weighted by molar-refractivity contribution is -0.121. The average molecular weight is 382 g/mol. The van der Waals surface area contributed by atoms with Crippen LogP contribution in [0.4, 0.5) is 4.39 Å².